The third-order valence-electron chi connectivity index (χ3n) is 12.9. The molecule has 7 rings (SSSR count). The van der Waals surface area contributed by atoms with Crippen molar-refractivity contribution in [1.29, 1.82) is 0 Å². The fourth-order valence-corrected chi connectivity index (χ4v) is 9.93. The van der Waals surface area contributed by atoms with Crippen LogP contribution in [-0.4, -0.2) is 95.5 Å². The van der Waals surface area contributed by atoms with Crippen LogP contribution in [0.4, 0.5) is 26.7 Å². The molecular formula is C42H52F5N5O9S. The molecule has 1 aromatic carbocycles. The SMILES string of the molecule is COc1ccc2nc(C(C)C)c3c(c2c1)C(F)(F)C[C@]1(C[C@H]2C(=O)N[C@]4(C(=O)NS(=O)(=O)C5(C)CC5)C[C@H]4/C=C\CCCCC[C@H](NC(=O)OC(C)(C)C(F)(F)F)C(=O)N2C1)O3. The number of hydrogen-bond acceptors (Lipinski definition) is 10. The van der Waals surface area contributed by atoms with Crippen LogP contribution in [0.3, 0.4) is 0 Å². The van der Waals surface area contributed by atoms with Crippen LogP contribution in [0.1, 0.15) is 116 Å². The molecule has 2 saturated carbocycles. The van der Waals surface area contributed by atoms with Gasteiger partial charge in [-0.05, 0) is 83.4 Å². The highest BCUT2D eigenvalue weighted by molar-refractivity contribution is 7.91. The summed E-state index contributed by atoms with van der Waals surface area (Å²) in [4.78, 5) is 62.2. The summed E-state index contributed by atoms with van der Waals surface area (Å²) in [5.74, 6) is -7.72. The Hall–Kier alpha value is -4.75. The molecule has 62 heavy (non-hydrogen) atoms. The predicted molar refractivity (Wildman–Crippen MR) is 214 cm³/mol. The Morgan fingerprint density at radius 2 is 1.79 bits per heavy atom. The number of carbonyl (C=O) groups is 4. The highest BCUT2D eigenvalue weighted by atomic mass is 32.2. The first kappa shape index (κ1) is 45.3. The number of aromatic nitrogens is 1. The monoisotopic (exact) mass is 897 g/mol. The van der Waals surface area contributed by atoms with E-state index in [1.807, 2.05) is 0 Å². The lowest BCUT2D eigenvalue weighted by atomic mass is 9.83. The van der Waals surface area contributed by atoms with Crippen molar-refractivity contribution >= 4 is 44.7 Å². The first-order chi connectivity index (χ1) is 28.8. The maximum absolute atomic E-state index is 17.1. The molecule has 3 fully saturated rings. The van der Waals surface area contributed by atoms with Crippen molar-refractivity contribution in [3.05, 3.63) is 41.6 Å². The number of sulfonamides is 1. The van der Waals surface area contributed by atoms with Crippen molar-refractivity contribution < 1.29 is 63.8 Å². The summed E-state index contributed by atoms with van der Waals surface area (Å²) in [6.45, 7) is 5.58. The Kier molecular flexibility index (Phi) is 11.3. The molecule has 5 atom stereocenters. The van der Waals surface area contributed by atoms with E-state index >= 15 is 8.78 Å². The zero-order valence-electron chi connectivity index (χ0n) is 35.3. The standard InChI is InChI=1S/C42H52F5N5O9S/c1-23(2)31-32-30(26-18-25(59-6)14-15-27(26)48-31)41(43,44)21-39(60-32)20-29-33(53)50-40(35(55)51-62(57,58)38(5)16-17-38)19-24(40)12-10-8-7-9-11-13-28(34(54)52(29)22-39)49-36(56)61-37(3,4)42(45,46)47/h10,12,14-15,18,23-24,28-29H,7-9,11,13,16-17,19-22H2,1-6H3,(H,49,56)(H,50,53)(H,51,55)/b12-10-/t24-,28+,29+,39+,40-/m1/s1. The second kappa shape index (κ2) is 15.5. The first-order valence-corrected chi connectivity index (χ1v) is 22.3. The van der Waals surface area contributed by atoms with E-state index in [-0.39, 0.29) is 47.4 Å². The number of hydrogen-bond donors (Lipinski definition) is 3. The van der Waals surface area contributed by atoms with Crippen LogP contribution < -0.4 is 24.8 Å². The fourth-order valence-electron chi connectivity index (χ4n) is 8.62. The molecule has 5 aliphatic rings. The Bertz CT molecular complexity index is 2320. The summed E-state index contributed by atoms with van der Waals surface area (Å²) in [7, 11) is -2.79. The van der Waals surface area contributed by atoms with E-state index in [1.165, 1.54) is 20.1 Å². The Morgan fingerprint density at radius 1 is 1.08 bits per heavy atom. The highest BCUT2D eigenvalue weighted by Crippen LogP contribution is 2.56. The number of amides is 4. The van der Waals surface area contributed by atoms with Crippen molar-refractivity contribution in [2.75, 3.05) is 13.7 Å². The number of methoxy groups -OCH3 is 1. The molecule has 2 aromatic rings. The van der Waals surface area contributed by atoms with Crippen molar-refractivity contribution in [1.82, 2.24) is 25.2 Å². The number of halogens is 5. The lowest BCUT2D eigenvalue weighted by molar-refractivity contribution is -0.244. The van der Waals surface area contributed by atoms with Crippen molar-refractivity contribution in [3.8, 4) is 11.5 Å². The molecule has 4 heterocycles. The number of nitrogens with one attached hydrogen (secondary N) is 3. The van der Waals surface area contributed by atoms with Crippen LogP contribution in [0.2, 0.25) is 0 Å². The molecule has 2 aliphatic carbocycles. The van der Waals surface area contributed by atoms with E-state index in [0.717, 1.165) is 4.90 Å². The number of carbonyl (C=O) groups excluding carboxylic acids is 4. The molecule has 4 amide bonds. The highest BCUT2D eigenvalue weighted by Gasteiger charge is 2.65. The molecule has 340 valence electrons. The Morgan fingerprint density at radius 3 is 2.44 bits per heavy atom. The summed E-state index contributed by atoms with van der Waals surface area (Å²) in [5.41, 5.74) is -6.76. The second-order valence-electron chi connectivity index (χ2n) is 18.4. The predicted octanol–water partition coefficient (Wildman–Crippen LogP) is 6.41. The number of benzene rings is 1. The third-order valence-corrected chi connectivity index (χ3v) is 15.0. The molecule has 3 aliphatic heterocycles. The van der Waals surface area contributed by atoms with Gasteiger partial charge in [-0.3, -0.25) is 19.1 Å². The molecule has 14 nitrogen and oxygen atoms in total. The van der Waals surface area contributed by atoms with E-state index < -0.39 is 116 Å². The minimum Gasteiger partial charge on any atom is -0.497 e. The largest absolute Gasteiger partial charge is 0.497 e. The average Bonchev–Trinajstić information content (AvgIpc) is 4.06. The maximum Gasteiger partial charge on any atom is 0.427 e. The number of nitrogens with zero attached hydrogens (tertiary/aromatic N) is 2. The minimum absolute atomic E-state index is 0.00791. The van der Waals surface area contributed by atoms with Crippen LogP contribution in [0, 0.1) is 5.92 Å². The Labute approximate surface area is 356 Å². The number of alkyl carbamates (subject to hydrolysis) is 1. The smallest absolute Gasteiger partial charge is 0.427 e. The third kappa shape index (κ3) is 8.27. The molecular weight excluding hydrogens is 846 g/mol. The van der Waals surface area contributed by atoms with Crippen molar-refractivity contribution in [3.63, 3.8) is 0 Å². The lowest BCUT2D eigenvalue weighted by Crippen LogP contribution is -2.59. The van der Waals surface area contributed by atoms with E-state index in [0.29, 0.717) is 46.0 Å². The van der Waals surface area contributed by atoms with Crippen LogP contribution in [-0.2, 0) is 35.1 Å². The molecule has 0 unspecified atom stereocenters. The molecule has 1 saturated heterocycles. The summed E-state index contributed by atoms with van der Waals surface area (Å²) < 4.78 is 119. The van der Waals surface area contributed by atoms with Crippen LogP contribution in [0.5, 0.6) is 11.5 Å². The summed E-state index contributed by atoms with van der Waals surface area (Å²) >= 11 is 0. The van der Waals surface area contributed by atoms with E-state index in [1.54, 1.807) is 38.1 Å². The fraction of sp³-hybridized carbons (Fsp3) is 0.643. The van der Waals surface area contributed by atoms with E-state index in [4.69, 9.17) is 14.2 Å². The van der Waals surface area contributed by atoms with E-state index in [2.05, 4.69) is 20.3 Å². The first-order valence-electron chi connectivity index (χ1n) is 20.8. The normalized spacial score (nSPS) is 28.9. The van der Waals surface area contributed by atoms with Gasteiger partial charge in [-0.15, -0.1) is 0 Å². The van der Waals surface area contributed by atoms with Crippen LogP contribution in [0.25, 0.3) is 10.9 Å². The number of ether oxygens (including phenoxy) is 3. The molecule has 20 heteroatoms. The van der Waals surface area contributed by atoms with Gasteiger partial charge in [0.05, 0.1) is 41.6 Å². The minimum atomic E-state index is -4.98. The van der Waals surface area contributed by atoms with Gasteiger partial charge in [-0.1, -0.05) is 38.8 Å². The van der Waals surface area contributed by atoms with Gasteiger partial charge in [0.25, 0.3) is 11.8 Å². The molecule has 3 N–H and O–H groups in total. The summed E-state index contributed by atoms with van der Waals surface area (Å²) in [6.07, 6.45) is -2.35. The van der Waals surface area contributed by atoms with Crippen LogP contribution in [0.15, 0.2) is 30.4 Å². The number of fused-ring (bicyclic) bond motifs is 5. The molecule has 1 aromatic heterocycles. The van der Waals surface area contributed by atoms with Gasteiger partial charge >= 0.3 is 12.3 Å². The number of allylic oxidation sites excluding steroid dienone is 1. The maximum atomic E-state index is 17.1. The number of pyridine rings is 1. The van der Waals surface area contributed by atoms with Gasteiger partial charge in [0.2, 0.25) is 27.4 Å². The number of alkyl halides is 5. The van der Waals surface area contributed by atoms with Gasteiger partial charge in [-0.25, -0.2) is 27.0 Å². The van der Waals surface area contributed by atoms with Crippen molar-refractivity contribution in [2.24, 2.45) is 5.92 Å². The van der Waals surface area contributed by atoms with Crippen LogP contribution >= 0.6 is 0 Å². The van der Waals surface area contributed by atoms with Gasteiger partial charge in [0, 0.05) is 17.7 Å². The zero-order chi connectivity index (χ0) is 45.4. The van der Waals surface area contributed by atoms with Gasteiger partial charge in [0.1, 0.15) is 29.0 Å². The molecule has 1 spiro atoms. The quantitative estimate of drug-likeness (QED) is 0.208. The average molecular weight is 898 g/mol. The lowest BCUT2D eigenvalue weighted by Gasteiger charge is -2.41. The van der Waals surface area contributed by atoms with Gasteiger partial charge in [0.15, 0.2) is 5.75 Å². The van der Waals surface area contributed by atoms with Gasteiger partial charge in [-0.2, -0.15) is 13.2 Å². The van der Waals surface area contributed by atoms with Crippen molar-refractivity contribution in [2.45, 2.75) is 150 Å². The number of rotatable bonds is 7. The van der Waals surface area contributed by atoms with Gasteiger partial charge < -0.3 is 29.7 Å². The Balaban J connectivity index is 1.30. The topological polar surface area (TPSA) is 182 Å². The van der Waals surface area contributed by atoms with E-state index in [9.17, 15) is 40.8 Å². The second-order valence-corrected chi connectivity index (χ2v) is 20.6. The molecule has 0 bridgehead atoms. The molecule has 0 radical (unpaired) electrons. The zero-order valence-corrected chi connectivity index (χ0v) is 36.2. The summed E-state index contributed by atoms with van der Waals surface area (Å²) in [5, 5.41) is 4.99. The summed E-state index contributed by atoms with van der Waals surface area (Å²) in [6, 6.07) is 1.31.